The third kappa shape index (κ3) is 3.51. The molecule has 2 aromatic carbocycles. The molecule has 0 saturated carbocycles. The number of sulfone groups is 1. The maximum Gasteiger partial charge on any atom is 0.175 e. The average molecular weight is 273 g/mol. The maximum absolute atomic E-state index is 11.3. The number of hydrogen-bond donors (Lipinski definition) is 0. The number of aryl methyl sites for hydroxylation is 1. The van der Waals surface area contributed by atoms with Gasteiger partial charge in [-0.15, -0.1) is 0 Å². The Morgan fingerprint density at radius 1 is 1.00 bits per heavy atom. The van der Waals surface area contributed by atoms with Gasteiger partial charge in [-0.05, 0) is 36.2 Å². The second kappa shape index (κ2) is 5.36. The minimum Gasteiger partial charge on any atom is -0.256 e. The minimum absolute atomic E-state index is 0.320. The number of rotatable bonds is 3. The zero-order valence-corrected chi connectivity index (χ0v) is 11.7. The van der Waals surface area contributed by atoms with Crippen LogP contribution in [-0.4, -0.2) is 20.9 Å². The fourth-order valence-corrected chi connectivity index (χ4v) is 2.28. The zero-order valence-electron chi connectivity index (χ0n) is 10.9. The van der Waals surface area contributed by atoms with Gasteiger partial charge in [0, 0.05) is 12.5 Å². The highest BCUT2D eigenvalue weighted by Crippen LogP contribution is 2.17. The summed E-state index contributed by atoms with van der Waals surface area (Å²) in [7, 11) is -3.14. The van der Waals surface area contributed by atoms with E-state index in [1.54, 1.807) is 30.5 Å². The molecule has 0 amide bonds. The average Bonchev–Trinajstić information content (AvgIpc) is 2.37. The summed E-state index contributed by atoms with van der Waals surface area (Å²) in [6.45, 7) is 2.00. The van der Waals surface area contributed by atoms with Gasteiger partial charge in [0.1, 0.15) is 0 Å². The van der Waals surface area contributed by atoms with Crippen molar-refractivity contribution < 1.29 is 8.42 Å². The molecule has 0 aliphatic heterocycles. The Morgan fingerprint density at radius 2 is 1.63 bits per heavy atom. The Labute approximate surface area is 113 Å². The Hall–Kier alpha value is -1.94. The van der Waals surface area contributed by atoms with Crippen molar-refractivity contribution in [1.82, 2.24) is 0 Å². The lowest BCUT2D eigenvalue weighted by molar-refractivity contribution is 0.602. The molecule has 2 rings (SSSR count). The minimum atomic E-state index is -3.14. The van der Waals surface area contributed by atoms with E-state index in [1.165, 1.54) is 6.26 Å². The molecular formula is C15H15NO2S. The third-order valence-electron chi connectivity index (χ3n) is 2.78. The van der Waals surface area contributed by atoms with Crippen LogP contribution in [0.1, 0.15) is 11.1 Å². The topological polar surface area (TPSA) is 46.5 Å². The summed E-state index contributed by atoms with van der Waals surface area (Å²) in [6.07, 6.45) is 2.93. The second-order valence-electron chi connectivity index (χ2n) is 4.39. The molecule has 4 heteroatoms. The monoisotopic (exact) mass is 273 g/mol. The first kappa shape index (κ1) is 13.5. The Balaban J connectivity index is 2.23. The molecule has 0 aromatic heterocycles. The van der Waals surface area contributed by atoms with Crippen LogP contribution in [0, 0.1) is 6.92 Å². The first-order valence-electron chi connectivity index (χ1n) is 5.86. The standard InChI is InChI=1S/C15H15NO2S/c1-12-5-3-4-6-15(12)16-11-13-7-9-14(10-8-13)19(2,17)18/h3-11H,1-2H3. The molecule has 3 nitrogen and oxygen atoms in total. The lowest BCUT2D eigenvalue weighted by Crippen LogP contribution is -1.96. The molecule has 0 N–H and O–H groups in total. The van der Waals surface area contributed by atoms with Gasteiger partial charge in [0.2, 0.25) is 0 Å². The van der Waals surface area contributed by atoms with Crippen LogP contribution in [-0.2, 0) is 9.84 Å². The molecule has 0 aliphatic carbocycles. The third-order valence-corrected chi connectivity index (χ3v) is 3.90. The van der Waals surface area contributed by atoms with E-state index >= 15 is 0 Å². The highest BCUT2D eigenvalue weighted by Gasteiger charge is 2.05. The molecule has 0 radical (unpaired) electrons. The molecule has 0 heterocycles. The van der Waals surface area contributed by atoms with Crippen molar-refractivity contribution in [3.8, 4) is 0 Å². The Morgan fingerprint density at radius 3 is 2.21 bits per heavy atom. The number of aliphatic imine (C=N–C) groups is 1. The van der Waals surface area contributed by atoms with E-state index in [0.29, 0.717) is 4.90 Å². The summed E-state index contributed by atoms with van der Waals surface area (Å²) in [4.78, 5) is 4.71. The van der Waals surface area contributed by atoms with Gasteiger partial charge in [0.15, 0.2) is 9.84 Å². The van der Waals surface area contributed by atoms with Gasteiger partial charge < -0.3 is 0 Å². The summed E-state index contributed by atoms with van der Waals surface area (Å²) in [5, 5.41) is 0. The molecule has 0 fully saturated rings. The van der Waals surface area contributed by atoms with Crippen LogP contribution < -0.4 is 0 Å². The summed E-state index contributed by atoms with van der Waals surface area (Å²) >= 11 is 0. The summed E-state index contributed by atoms with van der Waals surface area (Å²) in [5.41, 5.74) is 2.89. The molecule has 0 spiro atoms. The van der Waals surface area contributed by atoms with E-state index in [-0.39, 0.29) is 0 Å². The molecule has 0 atom stereocenters. The van der Waals surface area contributed by atoms with Crippen molar-refractivity contribution in [3.05, 3.63) is 59.7 Å². The molecule has 19 heavy (non-hydrogen) atoms. The summed E-state index contributed by atoms with van der Waals surface area (Å²) < 4.78 is 22.7. The van der Waals surface area contributed by atoms with Crippen LogP contribution in [0.25, 0.3) is 0 Å². The smallest absolute Gasteiger partial charge is 0.175 e. The van der Waals surface area contributed by atoms with Crippen molar-refractivity contribution in [1.29, 1.82) is 0 Å². The van der Waals surface area contributed by atoms with Gasteiger partial charge in [-0.3, -0.25) is 4.99 Å². The molecular weight excluding hydrogens is 258 g/mol. The van der Waals surface area contributed by atoms with E-state index in [9.17, 15) is 8.42 Å². The van der Waals surface area contributed by atoms with Crippen LogP contribution in [0.3, 0.4) is 0 Å². The van der Waals surface area contributed by atoms with Crippen molar-refractivity contribution in [2.45, 2.75) is 11.8 Å². The maximum atomic E-state index is 11.3. The fraction of sp³-hybridized carbons (Fsp3) is 0.133. The van der Waals surface area contributed by atoms with Gasteiger partial charge in [0.25, 0.3) is 0 Å². The highest BCUT2D eigenvalue weighted by molar-refractivity contribution is 7.90. The fourth-order valence-electron chi connectivity index (χ4n) is 1.65. The highest BCUT2D eigenvalue weighted by atomic mass is 32.2. The summed E-state index contributed by atoms with van der Waals surface area (Å²) in [5.74, 6) is 0. The lowest BCUT2D eigenvalue weighted by atomic mass is 10.2. The van der Waals surface area contributed by atoms with Gasteiger partial charge >= 0.3 is 0 Å². The quantitative estimate of drug-likeness (QED) is 0.806. The predicted molar refractivity (Wildman–Crippen MR) is 78.0 cm³/mol. The van der Waals surface area contributed by atoms with Gasteiger partial charge in [0.05, 0.1) is 10.6 Å². The molecule has 98 valence electrons. The Bertz CT molecular complexity index is 701. The van der Waals surface area contributed by atoms with E-state index < -0.39 is 9.84 Å². The number of hydrogen-bond acceptors (Lipinski definition) is 3. The molecule has 0 bridgehead atoms. The predicted octanol–water partition coefficient (Wildman–Crippen LogP) is 3.15. The largest absolute Gasteiger partial charge is 0.256 e. The molecule has 0 aliphatic rings. The Kier molecular flexibility index (Phi) is 3.81. The van der Waals surface area contributed by atoms with E-state index in [1.807, 2.05) is 31.2 Å². The second-order valence-corrected chi connectivity index (χ2v) is 6.40. The van der Waals surface area contributed by atoms with Crippen LogP contribution in [0.4, 0.5) is 5.69 Å². The summed E-state index contributed by atoms with van der Waals surface area (Å²) in [6, 6.07) is 14.5. The molecule has 0 saturated heterocycles. The van der Waals surface area contributed by atoms with Crippen LogP contribution in [0.15, 0.2) is 58.4 Å². The number of nitrogens with zero attached hydrogens (tertiary/aromatic N) is 1. The van der Waals surface area contributed by atoms with Gasteiger partial charge in [-0.1, -0.05) is 30.3 Å². The van der Waals surface area contributed by atoms with Crippen LogP contribution in [0.5, 0.6) is 0 Å². The van der Waals surface area contributed by atoms with Crippen LogP contribution >= 0.6 is 0 Å². The first-order valence-corrected chi connectivity index (χ1v) is 7.76. The van der Waals surface area contributed by atoms with Gasteiger partial charge in [-0.25, -0.2) is 8.42 Å². The van der Waals surface area contributed by atoms with Gasteiger partial charge in [-0.2, -0.15) is 0 Å². The zero-order chi connectivity index (χ0) is 13.9. The molecule has 2 aromatic rings. The first-order chi connectivity index (χ1) is 8.97. The number of para-hydroxylation sites is 1. The molecule has 0 unspecified atom stereocenters. The van der Waals surface area contributed by atoms with Crippen molar-refractivity contribution in [2.75, 3.05) is 6.26 Å². The van der Waals surface area contributed by atoms with E-state index in [2.05, 4.69) is 4.99 Å². The van der Waals surface area contributed by atoms with Crippen molar-refractivity contribution in [3.63, 3.8) is 0 Å². The van der Waals surface area contributed by atoms with Crippen molar-refractivity contribution in [2.24, 2.45) is 4.99 Å². The normalized spacial score (nSPS) is 11.9. The lowest BCUT2D eigenvalue weighted by Gasteiger charge is -2.00. The van der Waals surface area contributed by atoms with E-state index in [0.717, 1.165) is 16.8 Å². The number of benzene rings is 2. The van der Waals surface area contributed by atoms with Crippen LogP contribution in [0.2, 0.25) is 0 Å². The van der Waals surface area contributed by atoms with Crippen molar-refractivity contribution >= 4 is 21.7 Å². The SMILES string of the molecule is Cc1ccccc1N=Cc1ccc(S(C)(=O)=O)cc1. The van der Waals surface area contributed by atoms with E-state index in [4.69, 9.17) is 0 Å².